The van der Waals surface area contributed by atoms with Gasteiger partial charge in [0.15, 0.2) is 0 Å². The van der Waals surface area contributed by atoms with Crippen molar-refractivity contribution in [3.63, 3.8) is 0 Å². The fraction of sp³-hybridized carbons (Fsp3) is 0.0714. The minimum absolute atomic E-state index is 0.381. The van der Waals surface area contributed by atoms with Gasteiger partial charge in [0.05, 0.1) is 7.11 Å². The van der Waals surface area contributed by atoms with Gasteiger partial charge in [-0.1, -0.05) is 12.2 Å². The molecular formula is C14H13NO2S. The molecule has 0 aromatic heterocycles. The third-order valence-electron chi connectivity index (χ3n) is 2.43. The normalized spacial score (nSPS) is 9.83. The summed E-state index contributed by atoms with van der Waals surface area (Å²) in [6.07, 6.45) is 0. The second-order valence-corrected chi connectivity index (χ2v) is 4.11. The van der Waals surface area contributed by atoms with Crippen LogP contribution in [0.15, 0.2) is 48.5 Å². The lowest BCUT2D eigenvalue weighted by Crippen LogP contribution is -2.08. The predicted octanol–water partition coefficient (Wildman–Crippen LogP) is 3.12. The van der Waals surface area contributed by atoms with Crippen molar-refractivity contribution in [2.24, 2.45) is 5.73 Å². The number of benzene rings is 2. The Bertz CT molecular complexity index is 535. The number of nitrogens with two attached hydrogens (primary N) is 1. The van der Waals surface area contributed by atoms with Crippen LogP contribution in [0, 0.1) is 0 Å². The van der Waals surface area contributed by atoms with Crippen LogP contribution >= 0.6 is 12.2 Å². The van der Waals surface area contributed by atoms with E-state index in [0.29, 0.717) is 4.99 Å². The molecule has 0 bridgehead atoms. The Balaban J connectivity index is 2.10. The van der Waals surface area contributed by atoms with Gasteiger partial charge in [-0.05, 0) is 48.5 Å². The molecule has 2 rings (SSSR count). The Morgan fingerprint density at radius 3 is 1.78 bits per heavy atom. The van der Waals surface area contributed by atoms with E-state index in [0.717, 1.165) is 22.8 Å². The van der Waals surface area contributed by atoms with Crippen molar-refractivity contribution in [3.05, 3.63) is 54.1 Å². The average Bonchev–Trinajstić information content (AvgIpc) is 2.40. The third-order valence-corrected chi connectivity index (χ3v) is 2.67. The summed E-state index contributed by atoms with van der Waals surface area (Å²) in [6.45, 7) is 0. The van der Waals surface area contributed by atoms with E-state index in [-0.39, 0.29) is 0 Å². The molecular weight excluding hydrogens is 246 g/mol. The zero-order valence-corrected chi connectivity index (χ0v) is 10.7. The van der Waals surface area contributed by atoms with Crippen molar-refractivity contribution >= 4 is 17.2 Å². The Kier molecular flexibility index (Phi) is 3.79. The molecule has 3 nitrogen and oxygen atoms in total. The summed E-state index contributed by atoms with van der Waals surface area (Å²) in [5.74, 6) is 2.28. The maximum atomic E-state index is 5.67. The van der Waals surface area contributed by atoms with Gasteiger partial charge in [-0.15, -0.1) is 0 Å². The fourth-order valence-corrected chi connectivity index (χ4v) is 1.60. The molecule has 0 unspecified atom stereocenters. The van der Waals surface area contributed by atoms with Crippen molar-refractivity contribution in [1.82, 2.24) is 0 Å². The lowest BCUT2D eigenvalue weighted by atomic mass is 10.2. The molecule has 0 saturated heterocycles. The van der Waals surface area contributed by atoms with Gasteiger partial charge < -0.3 is 15.2 Å². The quantitative estimate of drug-likeness (QED) is 0.857. The molecule has 0 spiro atoms. The van der Waals surface area contributed by atoms with E-state index in [1.54, 1.807) is 7.11 Å². The molecule has 0 heterocycles. The third kappa shape index (κ3) is 2.99. The van der Waals surface area contributed by atoms with Gasteiger partial charge in [-0.2, -0.15) is 0 Å². The largest absolute Gasteiger partial charge is 0.497 e. The summed E-state index contributed by atoms with van der Waals surface area (Å²) in [4.78, 5) is 0.381. The van der Waals surface area contributed by atoms with Crippen LogP contribution in [0.25, 0.3) is 0 Å². The highest BCUT2D eigenvalue weighted by Crippen LogP contribution is 2.23. The average molecular weight is 259 g/mol. The van der Waals surface area contributed by atoms with Gasteiger partial charge in [-0.3, -0.25) is 0 Å². The summed E-state index contributed by atoms with van der Waals surface area (Å²) in [5.41, 5.74) is 6.35. The van der Waals surface area contributed by atoms with E-state index in [1.165, 1.54) is 0 Å². The molecule has 92 valence electrons. The first-order valence-corrected chi connectivity index (χ1v) is 5.81. The minimum Gasteiger partial charge on any atom is -0.497 e. The summed E-state index contributed by atoms with van der Waals surface area (Å²) in [7, 11) is 1.63. The summed E-state index contributed by atoms with van der Waals surface area (Å²) < 4.78 is 10.8. The molecule has 0 aliphatic heterocycles. The van der Waals surface area contributed by atoms with Crippen LogP contribution in [0.3, 0.4) is 0 Å². The zero-order valence-electron chi connectivity index (χ0n) is 9.92. The van der Waals surface area contributed by atoms with E-state index in [1.807, 2.05) is 48.5 Å². The van der Waals surface area contributed by atoms with E-state index >= 15 is 0 Å². The molecule has 2 aromatic rings. The topological polar surface area (TPSA) is 44.5 Å². The predicted molar refractivity (Wildman–Crippen MR) is 75.4 cm³/mol. The molecule has 0 atom stereocenters. The molecule has 18 heavy (non-hydrogen) atoms. The summed E-state index contributed by atoms with van der Waals surface area (Å²) >= 11 is 4.89. The van der Waals surface area contributed by atoms with Crippen molar-refractivity contribution in [2.75, 3.05) is 7.11 Å². The van der Waals surface area contributed by atoms with Crippen molar-refractivity contribution < 1.29 is 9.47 Å². The summed E-state index contributed by atoms with van der Waals surface area (Å²) in [6, 6.07) is 14.7. The van der Waals surface area contributed by atoms with Gasteiger partial charge in [0.1, 0.15) is 22.2 Å². The van der Waals surface area contributed by atoms with E-state index in [2.05, 4.69) is 0 Å². The van der Waals surface area contributed by atoms with Gasteiger partial charge in [-0.25, -0.2) is 0 Å². The number of hydrogen-bond donors (Lipinski definition) is 1. The van der Waals surface area contributed by atoms with E-state index in [9.17, 15) is 0 Å². The number of hydrogen-bond acceptors (Lipinski definition) is 3. The Labute approximate surface area is 111 Å². The van der Waals surface area contributed by atoms with Gasteiger partial charge in [0.2, 0.25) is 0 Å². The molecule has 0 aliphatic rings. The molecule has 0 aliphatic carbocycles. The molecule has 2 aromatic carbocycles. The second kappa shape index (κ2) is 5.51. The van der Waals surface area contributed by atoms with Crippen LogP contribution in [0.2, 0.25) is 0 Å². The Morgan fingerprint density at radius 2 is 1.33 bits per heavy atom. The molecule has 4 heteroatoms. The van der Waals surface area contributed by atoms with Crippen LogP contribution < -0.4 is 15.2 Å². The van der Waals surface area contributed by atoms with Crippen LogP contribution in [0.5, 0.6) is 17.2 Å². The Morgan fingerprint density at radius 1 is 0.889 bits per heavy atom. The Hall–Kier alpha value is -2.07. The maximum absolute atomic E-state index is 5.67. The van der Waals surface area contributed by atoms with Crippen molar-refractivity contribution in [3.8, 4) is 17.2 Å². The number of ether oxygens (including phenoxy) is 2. The highest BCUT2D eigenvalue weighted by molar-refractivity contribution is 7.80. The van der Waals surface area contributed by atoms with Crippen molar-refractivity contribution in [1.29, 1.82) is 0 Å². The van der Waals surface area contributed by atoms with Crippen LogP contribution in [0.1, 0.15) is 5.56 Å². The van der Waals surface area contributed by atoms with Gasteiger partial charge >= 0.3 is 0 Å². The van der Waals surface area contributed by atoms with Crippen LogP contribution in [-0.4, -0.2) is 12.1 Å². The van der Waals surface area contributed by atoms with Gasteiger partial charge in [0.25, 0.3) is 0 Å². The number of rotatable bonds is 4. The molecule has 0 fully saturated rings. The van der Waals surface area contributed by atoms with Crippen LogP contribution in [-0.2, 0) is 0 Å². The first-order chi connectivity index (χ1) is 8.69. The van der Waals surface area contributed by atoms with Gasteiger partial charge in [0, 0.05) is 5.56 Å². The highest BCUT2D eigenvalue weighted by Gasteiger charge is 2.00. The maximum Gasteiger partial charge on any atom is 0.127 e. The van der Waals surface area contributed by atoms with Crippen molar-refractivity contribution in [2.45, 2.75) is 0 Å². The smallest absolute Gasteiger partial charge is 0.127 e. The van der Waals surface area contributed by atoms with E-state index in [4.69, 9.17) is 27.4 Å². The highest BCUT2D eigenvalue weighted by atomic mass is 32.1. The van der Waals surface area contributed by atoms with Crippen LogP contribution in [0.4, 0.5) is 0 Å². The molecule has 2 N–H and O–H groups in total. The lowest BCUT2D eigenvalue weighted by Gasteiger charge is -2.07. The second-order valence-electron chi connectivity index (χ2n) is 3.67. The SMILES string of the molecule is COc1ccc(Oc2ccc(C(N)=S)cc2)cc1. The van der Waals surface area contributed by atoms with E-state index < -0.39 is 0 Å². The summed E-state index contributed by atoms with van der Waals surface area (Å²) in [5, 5.41) is 0. The molecule has 0 saturated carbocycles. The molecule has 0 amide bonds. The first kappa shape index (κ1) is 12.4. The minimum atomic E-state index is 0.381. The number of methoxy groups -OCH3 is 1. The zero-order chi connectivity index (χ0) is 13.0. The first-order valence-electron chi connectivity index (χ1n) is 5.41. The molecule has 0 radical (unpaired) electrons. The standard InChI is InChI=1S/C14H13NO2S/c1-16-11-6-8-13(9-7-11)17-12-4-2-10(3-5-12)14(15)18/h2-9H,1H3,(H2,15,18). The number of thiocarbonyl (C=S) groups is 1. The lowest BCUT2D eigenvalue weighted by molar-refractivity contribution is 0.413. The monoisotopic (exact) mass is 259 g/mol. The fourth-order valence-electron chi connectivity index (χ4n) is 1.47.